The summed E-state index contributed by atoms with van der Waals surface area (Å²) >= 11 is 1.38. The average molecular weight is 478 g/mol. The molecule has 0 radical (unpaired) electrons. The average Bonchev–Trinajstić information content (AvgIpc) is 3.36. The SMILES string of the molecule is COc1ccc(-n2c(C)cc(-c3csc(NC(=O)CCc4c(C)nc(C)[nH]c4=O)n3)c2C)cc1. The van der Waals surface area contributed by atoms with E-state index in [1.54, 1.807) is 21.0 Å². The molecule has 2 N–H and O–H groups in total. The van der Waals surface area contributed by atoms with Crippen LogP contribution in [0.5, 0.6) is 5.75 Å². The van der Waals surface area contributed by atoms with Crippen molar-refractivity contribution >= 4 is 22.4 Å². The van der Waals surface area contributed by atoms with Crippen molar-refractivity contribution in [1.82, 2.24) is 19.5 Å². The van der Waals surface area contributed by atoms with Gasteiger partial charge < -0.3 is 19.6 Å². The molecule has 0 unspecified atom stereocenters. The van der Waals surface area contributed by atoms with Crippen LogP contribution in [0.15, 0.2) is 40.5 Å². The number of amides is 1. The number of aromatic nitrogens is 4. The molecule has 0 aliphatic carbocycles. The van der Waals surface area contributed by atoms with Crippen LogP contribution in [-0.2, 0) is 11.2 Å². The maximum atomic E-state index is 12.5. The van der Waals surface area contributed by atoms with Gasteiger partial charge in [-0.05, 0) is 64.4 Å². The number of H-pyrrole nitrogens is 1. The van der Waals surface area contributed by atoms with Gasteiger partial charge in [-0.3, -0.25) is 9.59 Å². The molecule has 3 aromatic heterocycles. The second kappa shape index (κ2) is 9.64. The third-order valence-electron chi connectivity index (χ3n) is 5.73. The molecule has 0 aliphatic heterocycles. The lowest BCUT2D eigenvalue weighted by Crippen LogP contribution is -2.20. The van der Waals surface area contributed by atoms with Crippen molar-refractivity contribution < 1.29 is 9.53 Å². The first-order valence-electron chi connectivity index (χ1n) is 10.9. The molecule has 1 aromatic carbocycles. The fourth-order valence-corrected chi connectivity index (χ4v) is 4.80. The molecule has 4 aromatic rings. The fraction of sp³-hybridized carbons (Fsp3) is 0.280. The highest BCUT2D eigenvalue weighted by Gasteiger charge is 2.16. The Hall–Kier alpha value is -3.72. The van der Waals surface area contributed by atoms with Crippen molar-refractivity contribution in [3.63, 3.8) is 0 Å². The Morgan fingerprint density at radius 2 is 1.88 bits per heavy atom. The maximum Gasteiger partial charge on any atom is 0.254 e. The van der Waals surface area contributed by atoms with Gasteiger partial charge in [0.2, 0.25) is 5.91 Å². The molecule has 176 valence electrons. The highest BCUT2D eigenvalue weighted by Crippen LogP contribution is 2.32. The smallest absolute Gasteiger partial charge is 0.254 e. The summed E-state index contributed by atoms with van der Waals surface area (Å²) in [6.07, 6.45) is 0.497. The van der Waals surface area contributed by atoms with Gasteiger partial charge in [0.15, 0.2) is 5.13 Å². The van der Waals surface area contributed by atoms with Crippen LogP contribution in [0, 0.1) is 27.7 Å². The Morgan fingerprint density at radius 1 is 1.15 bits per heavy atom. The normalized spacial score (nSPS) is 11.0. The second-order valence-corrected chi connectivity index (χ2v) is 8.98. The van der Waals surface area contributed by atoms with Crippen LogP contribution in [0.25, 0.3) is 16.9 Å². The molecular weight excluding hydrogens is 450 g/mol. The minimum Gasteiger partial charge on any atom is -0.497 e. The number of aromatic amines is 1. The lowest BCUT2D eigenvalue weighted by Gasteiger charge is -2.10. The number of carbonyl (C=O) groups is 1. The van der Waals surface area contributed by atoms with Gasteiger partial charge in [-0.25, -0.2) is 9.97 Å². The quantitative estimate of drug-likeness (QED) is 0.408. The van der Waals surface area contributed by atoms with Gasteiger partial charge in [0.05, 0.1) is 12.8 Å². The Morgan fingerprint density at radius 3 is 2.56 bits per heavy atom. The zero-order valence-corrected chi connectivity index (χ0v) is 20.7. The standard InChI is InChI=1S/C25H27N5O3S/c1-14-12-21(16(3)30(14)18-6-8-19(33-5)9-7-18)22-13-34-25(28-22)29-23(31)11-10-20-15(2)26-17(4)27-24(20)32/h6-9,12-13H,10-11H2,1-5H3,(H,26,27,32)(H,28,29,31). The molecule has 3 heterocycles. The summed E-state index contributed by atoms with van der Waals surface area (Å²) in [5, 5.41) is 5.32. The number of hydrogen-bond acceptors (Lipinski definition) is 6. The Kier molecular flexibility index (Phi) is 6.65. The second-order valence-electron chi connectivity index (χ2n) is 8.12. The fourth-order valence-electron chi connectivity index (χ4n) is 4.07. The van der Waals surface area contributed by atoms with Crippen molar-refractivity contribution in [3.05, 3.63) is 74.5 Å². The van der Waals surface area contributed by atoms with Crippen LogP contribution < -0.4 is 15.6 Å². The van der Waals surface area contributed by atoms with E-state index in [0.717, 1.165) is 34.1 Å². The van der Waals surface area contributed by atoms with E-state index >= 15 is 0 Å². The van der Waals surface area contributed by atoms with Crippen LogP contribution in [0.2, 0.25) is 0 Å². The first kappa shape index (κ1) is 23.4. The number of nitrogens with one attached hydrogen (secondary N) is 2. The number of thiazole rings is 1. The summed E-state index contributed by atoms with van der Waals surface area (Å²) in [7, 11) is 1.65. The number of rotatable bonds is 7. The van der Waals surface area contributed by atoms with Crippen molar-refractivity contribution in [3.8, 4) is 22.7 Å². The molecule has 0 atom stereocenters. The molecule has 34 heavy (non-hydrogen) atoms. The lowest BCUT2D eigenvalue weighted by atomic mass is 10.1. The van der Waals surface area contributed by atoms with Crippen LogP contribution in [0.1, 0.15) is 34.9 Å². The predicted molar refractivity (Wildman–Crippen MR) is 134 cm³/mol. The largest absolute Gasteiger partial charge is 0.497 e. The van der Waals surface area contributed by atoms with Crippen molar-refractivity contribution in [1.29, 1.82) is 0 Å². The molecule has 0 fully saturated rings. The maximum absolute atomic E-state index is 12.5. The van der Waals surface area contributed by atoms with Gasteiger partial charge >= 0.3 is 0 Å². The summed E-state index contributed by atoms with van der Waals surface area (Å²) < 4.78 is 7.43. The molecule has 8 nitrogen and oxygen atoms in total. The summed E-state index contributed by atoms with van der Waals surface area (Å²) in [5.74, 6) is 1.19. The molecule has 0 saturated heterocycles. The van der Waals surface area contributed by atoms with Gasteiger partial charge in [-0.1, -0.05) is 0 Å². The number of hydrogen-bond donors (Lipinski definition) is 2. The Balaban J connectivity index is 1.47. The summed E-state index contributed by atoms with van der Waals surface area (Å²) in [6.45, 7) is 7.63. The molecule has 4 rings (SSSR count). The number of aryl methyl sites for hydroxylation is 3. The van der Waals surface area contributed by atoms with Crippen LogP contribution >= 0.6 is 11.3 Å². The van der Waals surface area contributed by atoms with E-state index in [-0.39, 0.29) is 17.9 Å². The summed E-state index contributed by atoms with van der Waals surface area (Å²) in [4.78, 5) is 36.2. The van der Waals surface area contributed by atoms with E-state index in [4.69, 9.17) is 4.74 Å². The Labute approximate surface area is 201 Å². The topological polar surface area (TPSA) is 102 Å². The van der Waals surface area contributed by atoms with Gasteiger partial charge in [0.1, 0.15) is 11.6 Å². The first-order chi connectivity index (χ1) is 16.3. The minimum atomic E-state index is -0.193. The van der Waals surface area contributed by atoms with Gasteiger partial charge in [0, 0.05) is 45.7 Å². The third kappa shape index (κ3) is 4.79. The monoisotopic (exact) mass is 477 g/mol. The van der Waals surface area contributed by atoms with Gasteiger partial charge in [-0.2, -0.15) is 0 Å². The molecular formula is C25H27N5O3S. The molecule has 1 amide bonds. The zero-order chi connectivity index (χ0) is 24.4. The van der Waals surface area contributed by atoms with Gasteiger partial charge in [-0.15, -0.1) is 11.3 Å². The molecule has 0 saturated carbocycles. The van der Waals surface area contributed by atoms with E-state index < -0.39 is 0 Å². The predicted octanol–water partition coefficient (Wildman–Crippen LogP) is 4.50. The zero-order valence-electron chi connectivity index (χ0n) is 19.9. The first-order valence-corrected chi connectivity index (χ1v) is 11.8. The molecule has 9 heteroatoms. The minimum absolute atomic E-state index is 0.176. The number of nitrogens with zero attached hydrogens (tertiary/aromatic N) is 3. The molecule has 0 aliphatic rings. The lowest BCUT2D eigenvalue weighted by molar-refractivity contribution is -0.116. The summed E-state index contributed by atoms with van der Waals surface area (Å²) in [5.41, 5.74) is 6.00. The van der Waals surface area contributed by atoms with Crippen LogP contribution in [0.4, 0.5) is 5.13 Å². The van der Waals surface area contributed by atoms with Crippen molar-refractivity contribution in [2.45, 2.75) is 40.5 Å². The van der Waals surface area contributed by atoms with Crippen LogP contribution in [-0.4, -0.2) is 32.5 Å². The van der Waals surface area contributed by atoms with Crippen molar-refractivity contribution in [2.75, 3.05) is 12.4 Å². The van der Waals surface area contributed by atoms with E-state index in [2.05, 4.69) is 44.7 Å². The molecule has 0 spiro atoms. The van der Waals surface area contributed by atoms with Gasteiger partial charge in [0.25, 0.3) is 5.56 Å². The Bertz CT molecular complexity index is 1400. The van der Waals surface area contributed by atoms with E-state index in [0.29, 0.717) is 28.6 Å². The number of anilines is 1. The third-order valence-corrected chi connectivity index (χ3v) is 6.49. The van der Waals surface area contributed by atoms with E-state index in [1.165, 1.54) is 11.3 Å². The number of carbonyl (C=O) groups excluding carboxylic acids is 1. The van der Waals surface area contributed by atoms with Crippen LogP contribution in [0.3, 0.4) is 0 Å². The molecule has 0 bridgehead atoms. The number of methoxy groups -OCH3 is 1. The van der Waals surface area contributed by atoms with Crippen molar-refractivity contribution in [2.24, 2.45) is 0 Å². The van der Waals surface area contributed by atoms with E-state index in [1.807, 2.05) is 29.6 Å². The van der Waals surface area contributed by atoms with E-state index in [9.17, 15) is 9.59 Å². The highest BCUT2D eigenvalue weighted by molar-refractivity contribution is 7.14. The highest BCUT2D eigenvalue weighted by atomic mass is 32.1. The summed E-state index contributed by atoms with van der Waals surface area (Å²) in [6, 6.07) is 10.0. The number of benzene rings is 1. The number of ether oxygens (including phenoxy) is 1.